The zero-order valence-corrected chi connectivity index (χ0v) is 41.4. The second kappa shape index (κ2) is 19.7. The van der Waals surface area contributed by atoms with Crippen LogP contribution in [0, 0.1) is 0 Å². The Balaban J connectivity index is 0.885. The van der Waals surface area contributed by atoms with Gasteiger partial charge in [0.15, 0.2) is 0 Å². The molecule has 0 saturated heterocycles. The molecule has 11 aromatic carbocycles. The maximum atomic E-state index is 2.48. The summed E-state index contributed by atoms with van der Waals surface area (Å²) in [5.74, 6) is 0. The Morgan fingerprint density at radius 2 is 0.534 bits per heavy atom. The normalized spacial score (nSPS) is 12.2. The first kappa shape index (κ1) is 45.2. The lowest BCUT2D eigenvalue weighted by Gasteiger charge is -2.32. The molecule has 0 radical (unpaired) electrons. The van der Waals surface area contributed by atoms with Crippen molar-refractivity contribution in [2.24, 2.45) is 0 Å². The van der Waals surface area contributed by atoms with E-state index in [1.807, 2.05) is 0 Å². The van der Waals surface area contributed by atoms with Crippen LogP contribution < -0.4 is 9.80 Å². The molecule has 0 amide bonds. The van der Waals surface area contributed by atoms with Gasteiger partial charge in [0.25, 0.3) is 0 Å². The molecule has 0 spiro atoms. The summed E-state index contributed by atoms with van der Waals surface area (Å²) in [5, 5.41) is 0. The van der Waals surface area contributed by atoms with E-state index in [1.165, 1.54) is 61.2 Å². The van der Waals surface area contributed by atoms with Crippen LogP contribution in [-0.4, -0.2) is 0 Å². The van der Waals surface area contributed by atoms with E-state index in [0.717, 1.165) is 63.7 Å². The van der Waals surface area contributed by atoms with E-state index < -0.39 is 0 Å². The molecule has 12 rings (SSSR count). The van der Waals surface area contributed by atoms with Crippen molar-refractivity contribution in [3.8, 4) is 66.8 Å². The van der Waals surface area contributed by atoms with Gasteiger partial charge in [-0.1, -0.05) is 220 Å². The molecule has 1 aliphatic rings. The summed E-state index contributed by atoms with van der Waals surface area (Å²) in [5.41, 5.74) is 24.1. The third kappa shape index (κ3) is 8.62. The van der Waals surface area contributed by atoms with Crippen LogP contribution in [0.15, 0.2) is 279 Å². The predicted molar refractivity (Wildman–Crippen MR) is 310 cm³/mol. The lowest BCUT2D eigenvalue weighted by Crippen LogP contribution is -2.23. The summed E-state index contributed by atoms with van der Waals surface area (Å²) in [4.78, 5) is 4.80. The first-order valence-electron chi connectivity index (χ1n) is 25.7. The van der Waals surface area contributed by atoms with Gasteiger partial charge in [0.2, 0.25) is 0 Å². The Kier molecular flexibility index (Phi) is 12.2. The molecule has 0 atom stereocenters. The van der Waals surface area contributed by atoms with Gasteiger partial charge in [-0.2, -0.15) is 0 Å². The number of anilines is 6. The largest absolute Gasteiger partial charge is 0.310 e. The van der Waals surface area contributed by atoms with Crippen molar-refractivity contribution in [3.63, 3.8) is 0 Å². The minimum atomic E-state index is -0.0333. The van der Waals surface area contributed by atoms with Crippen molar-refractivity contribution in [3.05, 3.63) is 290 Å². The second-order valence-electron chi connectivity index (χ2n) is 19.2. The topological polar surface area (TPSA) is 6.48 Å². The van der Waals surface area contributed by atoms with E-state index in [1.54, 1.807) is 0 Å². The van der Waals surface area contributed by atoms with Crippen LogP contribution in [0.2, 0.25) is 0 Å². The van der Waals surface area contributed by atoms with E-state index >= 15 is 0 Å². The highest BCUT2D eigenvalue weighted by Crippen LogP contribution is 2.54. The first-order chi connectivity index (χ1) is 36.1. The molecule has 350 valence electrons. The fraction of sp³-hybridized carbons (Fsp3) is 0.0704. The standard InChI is InChI=1S/C71H56N2/c1-3-71(4-2)69-29-15-14-28-67(69)68-47-46-66(50-70(68)71)73(63-44-38-56(39-45-63)53-22-12-7-13-23-53)65-27-17-25-60(49-65)58-32-30-57(31-33-58)59-24-16-26-64(48-59)72(61-40-34-54(35-41-61)51-18-8-5-9-19-51)62-42-36-55(37-43-62)52-20-10-6-11-21-52/h5-50H,3-4H2,1-2H3. The molecule has 0 N–H and O–H groups in total. The number of fused-ring (bicyclic) bond motifs is 3. The van der Waals surface area contributed by atoms with Gasteiger partial charge in [-0.3, -0.25) is 0 Å². The fourth-order valence-corrected chi connectivity index (χ4v) is 11.3. The van der Waals surface area contributed by atoms with Gasteiger partial charge in [0, 0.05) is 39.5 Å². The first-order valence-corrected chi connectivity index (χ1v) is 25.7. The van der Waals surface area contributed by atoms with Crippen LogP contribution in [0.5, 0.6) is 0 Å². The lowest BCUT2D eigenvalue weighted by molar-refractivity contribution is 0.490. The Bertz CT molecular complexity index is 3570. The molecule has 2 nitrogen and oxygen atoms in total. The summed E-state index contributed by atoms with van der Waals surface area (Å²) in [6.45, 7) is 4.70. The van der Waals surface area contributed by atoms with Crippen LogP contribution in [0.4, 0.5) is 34.1 Å². The van der Waals surface area contributed by atoms with Gasteiger partial charge in [0.1, 0.15) is 0 Å². The molecular weight excluding hydrogens is 881 g/mol. The molecule has 0 saturated carbocycles. The Morgan fingerprint density at radius 3 is 0.959 bits per heavy atom. The molecule has 73 heavy (non-hydrogen) atoms. The number of nitrogens with zero attached hydrogens (tertiary/aromatic N) is 2. The summed E-state index contributed by atoms with van der Waals surface area (Å²) >= 11 is 0. The summed E-state index contributed by atoms with van der Waals surface area (Å²) in [7, 11) is 0. The lowest BCUT2D eigenvalue weighted by atomic mass is 9.74. The molecule has 0 bridgehead atoms. The minimum absolute atomic E-state index is 0.0333. The zero-order chi connectivity index (χ0) is 49.1. The average Bonchev–Trinajstić information content (AvgIpc) is 3.76. The number of benzene rings is 11. The van der Waals surface area contributed by atoms with Crippen molar-refractivity contribution >= 4 is 34.1 Å². The predicted octanol–water partition coefficient (Wildman–Crippen LogP) is 20.0. The number of hydrogen-bond acceptors (Lipinski definition) is 2. The van der Waals surface area contributed by atoms with Crippen molar-refractivity contribution in [1.29, 1.82) is 0 Å². The third-order valence-electron chi connectivity index (χ3n) is 15.2. The zero-order valence-electron chi connectivity index (χ0n) is 41.4. The minimum Gasteiger partial charge on any atom is -0.310 e. The molecule has 0 aliphatic heterocycles. The number of rotatable bonds is 13. The van der Waals surface area contributed by atoms with Gasteiger partial charge in [-0.05, 0) is 164 Å². The molecular formula is C71H56N2. The monoisotopic (exact) mass is 936 g/mol. The summed E-state index contributed by atoms with van der Waals surface area (Å²) in [6.07, 6.45) is 2.09. The molecule has 0 unspecified atom stereocenters. The van der Waals surface area contributed by atoms with E-state index in [0.29, 0.717) is 0 Å². The Morgan fingerprint density at radius 1 is 0.233 bits per heavy atom. The van der Waals surface area contributed by atoms with Crippen LogP contribution in [0.3, 0.4) is 0 Å². The second-order valence-corrected chi connectivity index (χ2v) is 19.2. The van der Waals surface area contributed by atoms with Gasteiger partial charge in [0.05, 0.1) is 0 Å². The van der Waals surface area contributed by atoms with Crippen molar-refractivity contribution in [2.75, 3.05) is 9.80 Å². The maximum absolute atomic E-state index is 2.48. The highest BCUT2D eigenvalue weighted by atomic mass is 15.1. The summed E-state index contributed by atoms with van der Waals surface area (Å²) in [6, 6.07) is 102. The van der Waals surface area contributed by atoms with Crippen LogP contribution >= 0.6 is 0 Å². The molecule has 0 heterocycles. The van der Waals surface area contributed by atoms with Crippen LogP contribution in [0.25, 0.3) is 66.8 Å². The number of hydrogen-bond donors (Lipinski definition) is 0. The van der Waals surface area contributed by atoms with Gasteiger partial charge in [-0.25, -0.2) is 0 Å². The highest BCUT2D eigenvalue weighted by molar-refractivity contribution is 5.88. The molecule has 0 aromatic heterocycles. The van der Waals surface area contributed by atoms with Crippen LogP contribution in [-0.2, 0) is 5.41 Å². The molecule has 1 aliphatic carbocycles. The van der Waals surface area contributed by atoms with E-state index in [2.05, 4.69) is 303 Å². The van der Waals surface area contributed by atoms with E-state index in [4.69, 9.17) is 0 Å². The van der Waals surface area contributed by atoms with Crippen molar-refractivity contribution in [1.82, 2.24) is 0 Å². The van der Waals surface area contributed by atoms with E-state index in [9.17, 15) is 0 Å². The van der Waals surface area contributed by atoms with Crippen LogP contribution in [0.1, 0.15) is 37.8 Å². The quantitative estimate of drug-likeness (QED) is 0.114. The van der Waals surface area contributed by atoms with E-state index in [-0.39, 0.29) is 5.41 Å². The van der Waals surface area contributed by atoms with Gasteiger partial charge >= 0.3 is 0 Å². The van der Waals surface area contributed by atoms with Gasteiger partial charge < -0.3 is 9.80 Å². The fourth-order valence-electron chi connectivity index (χ4n) is 11.3. The maximum Gasteiger partial charge on any atom is 0.0467 e. The molecule has 11 aromatic rings. The summed E-state index contributed by atoms with van der Waals surface area (Å²) < 4.78 is 0. The smallest absolute Gasteiger partial charge is 0.0467 e. The Hall–Kier alpha value is -8.98. The van der Waals surface area contributed by atoms with Gasteiger partial charge in [-0.15, -0.1) is 0 Å². The molecule has 0 fully saturated rings. The average molecular weight is 937 g/mol. The highest BCUT2D eigenvalue weighted by Gasteiger charge is 2.40. The van der Waals surface area contributed by atoms with Crippen molar-refractivity contribution in [2.45, 2.75) is 32.1 Å². The molecule has 2 heteroatoms. The SMILES string of the molecule is CCC1(CC)c2ccccc2-c2ccc(N(c3ccc(-c4ccccc4)cc3)c3cccc(-c4ccc(-c5cccc(N(c6ccc(-c7ccccc7)cc6)c6ccc(-c7ccccc7)cc6)c5)cc4)c3)cc21. The third-order valence-corrected chi connectivity index (χ3v) is 15.2. The Labute approximate surface area is 430 Å². The van der Waals surface area contributed by atoms with Crippen molar-refractivity contribution < 1.29 is 0 Å².